The zero-order chi connectivity index (χ0) is 12.3. The average Bonchev–Trinajstić information content (AvgIpc) is 2.83. The third kappa shape index (κ3) is 2.91. The SMILES string of the molecule is Cc1ccc(F)cc1OCC(=O)c1cccs1. The van der Waals surface area contributed by atoms with Crippen molar-refractivity contribution in [3.63, 3.8) is 0 Å². The molecule has 0 aliphatic carbocycles. The van der Waals surface area contributed by atoms with Gasteiger partial charge in [0.25, 0.3) is 0 Å². The molecule has 1 aromatic heterocycles. The van der Waals surface area contributed by atoms with Crippen molar-refractivity contribution in [1.82, 2.24) is 0 Å². The summed E-state index contributed by atoms with van der Waals surface area (Å²) in [6, 6.07) is 7.83. The second-order valence-corrected chi connectivity index (χ2v) is 4.55. The monoisotopic (exact) mass is 250 g/mol. The highest BCUT2D eigenvalue weighted by Crippen LogP contribution is 2.19. The molecule has 1 heterocycles. The number of ketones is 1. The van der Waals surface area contributed by atoms with Gasteiger partial charge >= 0.3 is 0 Å². The van der Waals surface area contributed by atoms with E-state index in [1.807, 2.05) is 18.4 Å². The fraction of sp³-hybridized carbons (Fsp3) is 0.154. The summed E-state index contributed by atoms with van der Waals surface area (Å²) in [7, 11) is 0. The molecule has 2 aromatic rings. The Kier molecular flexibility index (Phi) is 3.54. The lowest BCUT2D eigenvalue weighted by Crippen LogP contribution is -2.10. The summed E-state index contributed by atoms with van der Waals surface area (Å²) in [5, 5.41) is 1.83. The van der Waals surface area contributed by atoms with Gasteiger partial charge in [0.1, 0.15) is 11.6 Å². The lowest BCUT2D eigenvalue weighted by molar-refractivity contribution is 0.0925. The van der Waals surface area contributed by atoms with Crippen molar-refractivity contribution >= 4 is 17.1 Å². The van der Waals surface area contributed by atoms with Gasteiger partial charge in [-0.25, -0.2) is 4.39 Å². The number of thiophene rings is 1. The molecule has 0 aliphatic heterocycles. The number of aryl methyl sites for hydroxylation is 1. The van der Waals surface area contributed by atoms with Crippen LogP contribution in [0.5, 0.6) is 5.75 Å². The van der Waals surface area contributed by atoms with Crippen LogP contribution in [0.3, 0.4) is 0 Å². The first-order chi connectivity index (χ1) is 8.16. The molecule has 0 unspecified atom stereocenters. The van der Waals surface area contributed by atoms with Crippen molar-refractivity contribution in [1.29, 1.82) is 0 Å². The van der Waals surface area contributed by atoms with Gasteiger partial charge in [0.2, 0.25) is 5.78 Å². The Balaban J connectivity index is 2.03. The van der Waals surface area contributed by atoms with Crippen LogP contribution in [0.25, 0.3) is 0 Å². The number of hydrogen-bond donors (Lipinski definition) is 0. The first-order valence-corrected chi connectivity index (χ1v) is 6.00. The van der Waals surface area contributed by atoms with Gasteiger partial charge in [-0.1, -0.05) is 12.1 Å². The van der Waals surface area contributed by atoms with E-state index in [2.05, 4.69) is 0 Å². The number of carbonyl (C=O) groups excluding carboxylic acids is 1. The third-order valence-corrected chi connectivity index (χ3v) is 3.22. The van der Waals surface area contributed by atoms with E-state index in [0.29, 0.717) is 10.6 Å². The Hall–Kier alpha value is -1.68. The lowest BCUT2D eigenvalue weighted by atomic mass is 10.2. The van der Waals surface area contributed by atoms with Crippen molar-refractivity contribution in [3.05, 3.63) is 52.0 Å². The largest absolute Gasteiger partial charge is 0.485 e. The highest BCUT2D eigenvalue weighted by molar-refractivity contribution is 7.12. The van der Waals surface area contributed by atoms with Crippen LogP contribution in [0.2, 0.25) is 0 Å². The second kappa shape index (κ2) is 5.10. The molecule has 0 saturated heterocycles. The minimum absolute atomic E-state index is 0.0647. The van der Waals surface area contributed by atoms with E-state index < -0.39 is 0 Å². The standard InChI is InChI=1S/C13H11FO2S/c1-9-4-5-10(14)7-12(9)16-8-11(15)13-3-2-6-17-13/h2-7H,8H2,1H3. The Bertz CT molecular complexity index is 520. The van der Waals surface area contributed by atoms with Gasteiger partial charge in [-0.2, -0.15) is 0 Å². The van der Waals surface area contributed by atoms with Crippen molar-refractivity contribution in [2.75, 3.05) is 6.61 Å². The molecule has 88 valence electrons. The van der Waals surface area contributed by atoms with Crippen LogP contribution < -0.4 is 4.74 Å². The number of benzene rings is 1. The molecule has 0 bridgehead atoms. The molecule has 0 spiro atoms. The molecule has 4 heteroatoms. The molecule has 2 nitrogen and oxygen atoms in total. The molecule has 0 amide bonds. The molecule has 0 atom stereocenters. The van der Waals surface area contributed by atoms with Gasteiger partial charge in [0.15, 0.2) is 6.61 Å². The average molecular weight is 250 g/mol. The van der Waals surface area contributed by atoms with E-state index >= 15 is 0 Å². The number of rotatable bonds is 4. The second-order valence-electron chi connectivity index (χ2n) is 3.60. The van der Waals surface area contributed by atoms with E-state index in [9.17, 15) is 9.18 Å². The molecular weight excluding hydrogens is 239 g/mol. The fourth-order valence-corrected chi connectivity index (χ4v) is 2.03. The number of halogens is 1. The van der Waals surface area contributed by atoms with Gasteiger partial charge in [0, 0.05) is 6.07 Å². The highest BCUT2D eigenvalue weighted by Gasteiger charge is 2.09. The van der Waals surface area contributed by atoms with E-state index in [1.165, 1.54) is 23.5 Å². The Morgan fingerprint density at radius 3 is 2.94 bits per heavy atom. The van der Waals surface area contributed by atoms with Gasteiger partial charge < -0.3 is 4.74 Å². The molecule has 0 N–H and O–H groups in total. The quantitative estimate of drug-likeness (QED) is 0.777. The van der Waals surface area contributed by atoms with Gasteiger partial charge in [-0.15, -0.1) is 11.3 Å². The summed E-state index contributed by atoms with van der Waals surface area (Å²) in [5.74, 6) is -0.0484. The normalized spacial score (nSPS) is 10.2. The van der Waals surface area contributed by atoms with E-state index in [4.69, 9.17) is 4.74 Å². The summed E-state index contributed by atoms with van der Waals surface area (Å²) < 4.78 is 18.3. The topological polar surface area (TPSA) is 26.3 Å². The lowest BCUT2D eigenvalue weighted by Gasteiger charge is -2.07. The maximum Gasteiger partial charge on any atom is 0.210 e. The smallest absolute Gasteiger partial charge is 0.210 e. The van der Waals surface area contributed by atoms with Crippen molar-refractivity contribution in [2.24, 2.45) is 0 Å². The summed E-state index contributed by atoms with van der Waals surface area (Å²) >= 11 is 1.37. The summed E-state index contributed by atoms with van der Waals surface area (Å²) in [5.41, 5.74) is 0.811. The Labute approximate surface area is 103 Å². The first kappa shape index (κ1) is 11.8. The Morgan fingerprint density at radius 2 is 2.24 bits per heavy atom. The molecule has 17 heavy (non-hydrogen) atoms. The highest BCUT2D eigenvalue weighted by atomic mass is 32.1. The van der Waals surface area contributed by atoms with E-state index in [1.54, 1.807) is 12.1 Å². The maximum absolute atomic E-state index is 13.0. The molecule has 2 rings (SSSR count). The van der Waals surface area contributed by atoms with Gasteiger partial charge in [-0.3, -0.25) is 4.79 Å². The summed E-state index contributed by atoms with van der Waals surface area (Å²) in [4.78, 5) is 12.3. The molecule has 0 fully saturated rings. The van der Waals surface area contributed by atoms with Crippen LogP contribution in [0.4, 0.5) is 4.39 Å². The minimum atomic E-state index is -0.367. The van der Waals surface area contributed by atoms with Crippen LogP contribution >= 0.6 is 11.3 Å². The maximum atomic E-state index is 13.0. The first-order valence-electron chi connectivity index (χ1n) is 5.12. The molecule has 1 aromatic carbocycles. The molecular formula is C13H11FO2S. The van der Waals surface area contributed by atoms with Crippen molar-refractivity contribution < 1.29 is 13.9 Å². The van der Waals surface area contributed by atoms with Crippen LogP contribution in [0.15, 0.2) is 35.7 Å². The van der Waals surface area contributed by atoms with Gasteiger partial charge in [-0.05, 0) is 30.0 Å². The third-order valence-electron chi connectivity index (χ3n) is 2.30. The van der Waals surface area contributed by atoms with Crippen LogP contribution in [0, 0.1) is 12.7 Å². The zero-order valence-corrected chi connectivity index (χ0v) is 10.1. The fourth-order valence-electron chi connectivity index (χ4n) is 1.38. The summed E-state index contributed by atoms with van der Waals surface area (Å²) in [6.07, 6.45) is 0. The van der Waals surface area contributed by atoms with E-state index in [-0.39, 0.29) is 18.2 Å². The van der Waals surface area contributed by atoms with Crippen LogP contribution in [0.1, 0.15) is 15.2 Å². The zero-order valence-electron chi connectivity index (χ0n) is 9.27. The number of hydrogen-bond acceptors (Lipinski definition) is 3. The predicted octanol–water partition coefficient (Wildman–Crippen LogP) is 3.46. The minimum Gasteiger partial charge on any atom is -0.485 e. The molecule has 0 radical (unpaired) electrons. The van der Waals surface area contributed by atoms with Crippen molar-refractivity contribution in [3.8, 4) is 5.75 Å². The van der Waals surface area contributed by atoms with Crippen LogP contribution in [-0.2, 0) is 0 Å². The number of ether oxygens (including phenoxy) is 1. The predicted molar refractivity (Wildman–Crippen MR) is 65.3 cm³/mol. The Morgan fingerprint density at radius 1 is 1.41 bits per heavy atom. The van der Waals surface area contributed by atoms with E-state index in [0.717, 1.165) is 5.56 Å². The number of carbonyl (C=O) groups is 1. The van der Waals surface area contributed by atoms with Crippen molar-refractivity contribution in [2.45, 2.75) is 6.92 Å². The molecule has 0 aliphatic rings. The number of Topliss-reactive ketones (excluding diaryl/α,β-unsaturated/α-hetero) is 1. The van der Waals surface area contributed by atoms with Gasteiger partial charge in [0.05, 0.1) is 4.88 Å². The van der Waals surface area contributed by atoms with Crippen LogP contribution in [-0.4, -0.2) is 12.4 Å². The molecule has 0 saturated carbocycles. The summed E-state index contributed by atoms with van der Waals surface area (Å²) in [6.45, 7) is 1.75.